The highest BCUT2D eigenvalue weighted by Crippen LogP contribution is 2.38. The molecule has 0 bridgehead atoms. The average Bonchev–Trinajstić information content (AvgIpc) is 2.74. The fourth-order valence-electron chi connectivity index (χ4n) is 3.34. The van der Waals surface area contributed by atoms with Crippen LogP contribution in [0, 0.1) is 5.92 Å². The molecule has 1 saturated carbocycles. The molecule has 3 unspecified atom stereocenters. The van der Waals surface area contributed by atoms with E-state index in [-0.39, 0.29) is 5.54 Å². The summed E-state index contributed by atoms with van der Waals surface area (Å²) in [5.41, 5.74) is -0.156. The number of aromatic nitrogens is 4. The first-order valence-corrected chi connectivity index (χ1v) is 7.02. The van der Waals surface area contributed by atoms with Gasteiger partial charge in [-0.05, 0) is 38.1 Å². The molecule has 0 amide bonds. The van der Waals surface area contributed by atoms with E-state index in [0.717, 1.165) is 12.8 Å². The molecule has 2 rings (SSSR count). The van der Waals surface area contributed by atoms with E-state index in [2.05, 4.69) is 41.3 Å². The van der Waals surface area contributed by atoms with Crippen molar-refractivity contribution in [2.45, 2.75) is 50.7 Å². The molecule has 6 heteroatoms. The summed E-state index contributed by atoms with van der Waals surface area (Å²) in [6, 6.07) is 0. The number of aliphatic hydroxyl groups excluding tert-OH is 1. The van der Waals surface area contributed by atoms with Crippen molar-refractivity contribution < 1.29 is 5.11 Å². The number of hydrogen-bond acceptors (Lipinski definition) is 5. The summed E-state index contributed by atoms with van der Waals surface area (Å²) >= 11 is 0. The molecule has 1 aliphatic rings. The fourth-order valence-corrected chi connectivity index (χ4v) is 3.34. The van der Waals surface area contributed by atoms with Crippen LogP contribution in [0.5, 0.6) is 0 Å². The van der Waals surface area contributed by atoms with Gasteiger partial charge in [-0.25, -0.2) is 0 Å². The molecule has 108 valence electrons. The van der Waals surface area contributed by atoms with Crippen molar-refractivity contribution in [3.05, 3.63) is 5.82 Å². The van der Waals surface area contributed by atoms with Crippen molar-refractivity contribution in [1.82, 2.24) is 25.1 Å². The van der Waals surface area contributed by atoms with Crippen LogP contribution in [0.3, 0.4) is 0 Å². The highest BCUT2D eigenvalue weighted by Gasteiger charge is 2.43. The lowest BCUT2D eigenvalue weighted by Gasteiger charge is -2.48. The monoisotopic (exact) mass is 267 g/mol. The largest absolute Gasteiger partial charge is 0.391 e. The second-order valence-electron chi connectivity index (χ2n) is 6.11. The molecule has 1 heterocycles. The summed E-state index contributed by atoms with van der Waals surface area (Å²) in [5.74, 6) is 1.27. The van der Waals surface area contributed by atoms with Crippen LogP contribution in [0.4, 0.5) is 0 Å². The summed E-state index contributed by atoms with van der Waals surface area (Å²) in [4.78, 5) is 3.62. The third kappa shape index (κ3) is 2.95. The van der Waals surface area contributed by atoms with Gasteiger partial charge in [0.2, 0.25) is 0 Å². The lowest BCUT2D eigenvalue weighted by atomic mass is 9.71. The maximum absolute atomic E-state index is 10.7. The molecular weight excluding hydrogens is 242 g/mol. The minimum absolute atomic E-state index is 0.156. The molecule has 1 aromatic rings. The molecule has 1 aliphatic carbocycles. The van der Waals surface area contributed by atoms with Gasteiger partial charge >= 0.3 is 0 Å². The van der Waals surface area contributed by atoms with Crippen LogP contribution in [0.2, 0.25) is 0 Å². The van der Waals surface area contributed by atoms with Gasteiger partial charge in [0.05, 0.1) is 13.2 Å². The predicted molar refractivity (Wildman–Crippen MR) is 72.6 cm³/mol. The number of aliphatic hydroxyl groups is 1. The molecular formula is C13H25N5O. The average molecular weight is 267 g/mol. The molecule has 3 atom stereocenters. The zero-order valence-electron chi connectivity index (χ0n) is 12.4. The SMILES string of the molecule is CC1CCCC(C(O)Cc2nnn(C)n2)(N(C)C)C1. The van der Waals surface area contributed by atoms with Gasteiger partial charge in [0.15, 0.2) is 5.82 Å². The summed E-state index contributed by atoms with van der Waals surface area (Å²) in [6.07, 6.45) is 4.51. The van der Waals surface area contributed by atoms with Crippen LogP contribution in [0.1, 0.15) is 38.4 Å². The Labute approximate surface area is 114 Å². The number of tetrazole rings is 1. The van der Waals surface area contributed by atoms with E-state index < -0.39 is 6.10 Å². The first kappa shape index (κ1) is 14.4. The molecule has 0 aliphatic heterocycles. The highest BCUT2D eigenvalue weighted by atomic mass is 16.3. The van der Waals surface area contributed by atoms with Crippen LogP contribution < -0.4 is 0 Å². The Morgan fingerprint density at radius 1 is 1.53 bits per heavy atom. The van der Waals surface area contributed by atoms with E-state index in [1.165, 1.54) is 17.6 Å². The summed E-state index contributed by atoms with van der Waals surface area (Å²) in [5, 5.41) is 22.7. The number of likely N-dealkylation sites (N-methyl/N-ethyl adjacent to an activating group) is 1. The Morgan fingerprint density at radius 2 is 2.26 bits per heavy atom. The Kier molecular flexibility index (Phi) is 4.20. The highest BCUT2D eigenvalue weighted by molar-refractivity contribution is 5.01. The van der Waals surface area contributed by atoms with Gasteiger partial charge in [0.25, 0.3) is 0 Å². The second kappa shape index (κ2) is 5.54. The van der Waals surface area contributed by atoms with Crippen LogP contribution >= 0.6 is 0 Å². The molecule has 1 N–H and O–H groups in total. The van der Waals surface area contributed by atoms with Gasteiger partial charge in [0.1, 0.15) is 0 Å². The zero-order valence-corrected chi connectivity index (χ0v) is 12.4. The minimum Gasteiger partial charge on any atom is -0.391 e. The Bertz CT molecular complexity index is 419. The summed E-state index contributed by atoms with van der Waals surface area (Å²) in [7, 11) is 5.87. The van der Waals surface area contributed by atoms with E-state index in [9.17, 15) is 5.11 Å². The van der Waals surface area contributed by atoms with Crippen LogP contribution in [-0.4, -0.2) is 56.0 Å². The fraction of sp³-hybridized carbons (Fsp3) is 0.923. The number of aryl methyl sites for hydroxylation is 1. The minimum atomic E-state index is -0.450. The van der Waals surface area contributed by atoms with Crippen molar-refractivity contribution in [1.29, 1.82) is 0 Å². The Balaban J connectivity index is 2.14. The number of hydrogen-bond donors (Lipinski definition) is 1. The molecule has 0 saturated heterocycles. The van der Waals surface area contributed by atoms with Gasteiger partial charge in [-0.1, -0.05) is 19.8 Å². The quantitative estimate of drug-likeness (QED) is 0.866. The van der Waals surface area contributed by atoms with E-state index in [1.54, 1.807) is 7.05 Å². The van der Waals surface area contributed by atoms with Gasteiger partial charge in [-0.15, -0.1) is 10.2 Å². The molecule has 0 spiro atoms. The van der Waals surface area contributed by atoms with Crippen molar-refractivity contribution in [3.63, 3.8) is 0 Å². The van der Waals surface area contributed by atoms with E-state index in [0.29, 0.717) is 18.2 Å². The van der Waals surface area contributed by atoms with Crippen LogP contribution in [0.15, 0.2) is 0 Å². The van der Waals surface area contributed by atoms with Crippen LogP contribution in [0.25, 0.3) is 0 Å². The van der Waals surface area contributed by atoms with Crippen LogP contribution in [-0.2, 0) is 13.5 Å². The lowest BCUT2D eigenvalue weighted by Crippen LogP contribution is -2.56. The zero-order chi connectivity index (χ0) is 14.0. The first-order chi connectivity index (χ1) is 8.94. The van der Waals surface area contributed by atoms with E-state index in [1.807, 2.05) is 0 Å². The van der Waals surface area contributed by atoms with Gasteiger partial charge in [-0.2, -0.15) is 4.80 Å². The van der Waals surface area contributed by atoms with E-state index >= 15 is 0 Å². The summed E-state index contributed by atoms with van der Waals surface area (Å²) in [6.45, 7) is 2.27. The molecule has 6 nitrogen and oxygen atoms in total. The van der Waals surface area contributed by atoms with Crippen molar-refractivity contribution in [2.75, 3.05) is 14.1 Å². The Morgan fingerprint density at radius 3 is 2.79 bits per heavy atom. The predicted octanol–water partition coefficient (Wildman–Crippen LogP) is 0.624. The molecule has 1 fully saturated rings. The maximum atomic E-state index is 10.7. The molecule has 1 aromatic heterocycles. The molecule has 19 heavy (non-hydrogen) atoms. The lowest BCUT2D eigenvalue weighted by molar-refractivity contribution is -0.0433. The Hall–Kier alpha value is -1.01. The second-order valence-corrected chi connectivity index (χ2v) is 6.11. The molecule has 0 aromatic carbocycles. The van der Waals surface area contributed by atoms with Crippen molar-refractivity contribution in [3.8, 4) is 0 Å². The van der Waals surface area contributed by atoms with Crippen molar-refractivity contribution >= 4 is 0 Å². The third-order valence-electron chi connectivity index (χ3n) is 4.45. The van der Waals surface area contributed by atoms with Gasteiger partial charge < -0.3 is 10.0 Å². The molecule has 0 radical (unpaired) electrons. The van der Waals surface area contributed by atoms with E-state index in [4.69, 9.17) is 0 Å². The topological polar surface area (TPSA) is 67.1 Å². The smallest absolute Gasteiger partial charge is 0.177 e. The number of rotatable bonds is 4. The normalized spacial score (nSPS) is 29.7. The standard InChI is InChI=1S/C13H25N5O/c1-10-6-5-7-13(9-10,17(2)3)11(19)8-12-14-16-18(4)15-12/h10-11,19H,5-9H2,1-4H3. The van der Waals surface area contributed by atoms with Gasteiger partial charge in [0, 0.05) is 12.0 Å². The van der Waals surface area contributed by atoms with Gasteiger partial charge in [-0.3, -0.25) is 0 Å². The number of nitrogens with zero attached hydrogens (tertiary/aromatic N) is 5. The van der Waals surface area contributed by atoms with Crippen molar-refractivity contribution in [2.24, 2.45) is 13.0 Å². The summed E-state index contributed by atoms with van der Waals surface area (Å²) < 4.78 is 0. The maximum Gasteiger partial charge on any atom is 0.177 e. The third-order valence-corrected chi connectivity index (χ3v) is 4.45. The first-order valence-electron chi connectivity index (χ1n) is 7.02.